The highest BCUT2D eigenvalue weighted by molar-refractivity contribution is 6.02. The van der Waals surface area contributed by atoms with Gasteiger partial charge in [-0.15, -0.1) is 0 Å². The first-order valence-electron chi connectivity index (χ1n) is 13.2. The van der Waals surface area contributed by atoms with E-state index < -0.39 is 36.3 Å². The third kappa shape index (κ3) is 4.17. The van der Waals surface area contributed by atoms with Gasteiger partial charge in [0.1, 0.15) is 24.1 Å². The lowest BCUT2D eigenvalue weighted by atomic mass is 9.92. The number of nitrogens with one attached hydrogen (secondary N) is 3. The molecule has 1 aliphatic carbocycles. The highest BCUT2D eigenvalue weighted by atomic mass is 16.5. The molecule has 0 spiro atoms. The molecule has 1 aromatic carbocycles. The Balaban J connectivity index is 1.26. The molecule has 3 fully saturated rings. The third-order valence-electron chi connectivity index (χ3n) is 8.65. The van der Waals surface area contributed by atoms with Gasteiger partial charge in [-0.3, -0.25) is 19.2 Å². The van der Waals surface area contributed by atoms with Gasteiger partial charge in [-0.25, -0.2) is 0 Å². The minimum atomic E-state index is -0.975. The van der Waals surface area contributed by atoms with Crippen molar-refractivity contribution in [3.05, 3.63) is 29.5 Å². The van der Waals surface area contributed by atoms with Crippen LogP contribution < -0.4 is 15.4 Å². The van der Waals surface area contributed by atoms with Gasteiger partial charge in [0.2, 0.25) is 11.8 Å². The van der Waals surface area contributed by atoms with Crippen LogP contribution in [-0.4, -0.2) is 76.9 Å². The van der Waals surface area contributed by atoms with Crippen molar-refractivity contribution >= 4 is 34.4 Å². The van der Waals surface area contributed by atoms with Gasteiger partial charge in [0.25, 0.3) is 5.91 Å². The maximum absolute atomic E-state index is 13.8. The highest BCUT2D eigenvalue weighted by Gasteiger charge is 2.50. The van der Waals surface area contributed by atoms with Gasteiger partial charge < -0.3 is 30.4 Å². The van der Waals surface area contributed by atoms with E-state index in [2.05, 4.69) is 15.6 Å². The molecular weight excluding hydrogens is 476 g/mol. The zero-order valence-corrected chi connectivity index (χ0v) is 20.6. The number of aliphatic hydroxyl groups excluding tert-OH is 1. The van der Waals surface area contributed by atoms with Crippen molar-refractivity contribution in [2.24, 2.45) is 17.8 Å². The maximum atomic E-state index is 13.8. The first-order chi connectivity index (χ1) is 17.9. The average Bonchev–Trinajstić information content (AvgIpc) is 3.70. The van der Waals surface area contributed by atoms with E-state index in [1.54, 1.807) is 4.90 Å². The van der Waals surface area contributed by atoms with Crippen LogP contribution >= 0.6 is 0 Å². The zero-order chi connectivity index (χ0) is 25.7. The molecule has 4 heterocycles. The van der Waals surface area contributed by atoms with Crippen molar-refractivity contribution in [1.82, 2.24) is 20.5 Å². The summed E-state index contributed by atoms with van der Waals surface area (Å²) in [5.74, 6) is -0.668. The first-order valence-corrected chi connectivity index (χ1v) is 13.2. The number of carbonyl (C=O) groups excluding carboxylic acids is 4. The number of amides is 3. The summed E-state index contributed by atoms with van der Waals surface area (Å²) >= 11 is 0. The average molecular weight is 509 g/mol. The molecule has 2 saturated heterocycles. The van der Waals surface area contributed by atoms with E-state index in [0.29, 0.717) is 31.8 Å². The van der Waals surface area contributed by atoms with Crippen molar-refractivity contribution in [2.75, 3.05) is 26.3 Å². The predicted octanol–water partition coefficient (Wildman–Crippen LogP) is 0.916. The molecule has 2 aromatic rings. The number of fused-ring (bicyclic) bond motifs is 4. The number of carbonyl (C=O) groups is 4. The molecule has 1 aromatic heterocycles. The van der Waals surface area contributed by atoms with Gasteiger partial charge in [-0.1, -0.05) is 12.5 Å². The van der Waals surface area contributed by atoms with Gasteiger partial charge in [0, 0.05) is 36.3 Å². The summed E-state index contributed by atoms with van der Waals surface area (Å²) < 4.78 is 5.80. The Hall–Kier alpha value is -3.40. The van der Waals surface area contributed by atoms with Crippen molar-refractivity contribution in [2.45, 2.75) is 50.6 Å². The van der Waals surface area contributed by atoms with Crippen molar-refractivity contribution in [1.29, 1.82) is 0 Å². The number of ketones is 1. The fourth-order valence-corrected chi connectivity index (χ4v) is 6.77. The van der Waals surface area contributed by atoms with Crippen molar-refractivity contribution in [3.63, 3.8) is 0 Å². The van der Waals surface area contributed by atoms with E-state index >= 15 is 0 Å². The summed E-state index contributed by atoms with van der Waals surface area (Å²) in [6, 6.07) is 4.08. The van der Waals surface area contributed by atoms with E-state index in [1.165, 1.54) is 0 Å². The summed E-state index contributed by atoms with van der Waals surface area (Å²) in [6.45, 7) is 0.914. The van der Waals surface area contributed by atoms with Gasteiger partial charge in [0.15, 0.2) is 5.78 Å². The molecule has 0 radical (unpaired) electrons. The fraction of sp³-hybridized carbons (Fsp3) is 0.556. The topological polar surface area (TPSA) is 141 Å². The molecule has 0 bridgehead atoms. The van der Waals surface area contributed by atoms with Crippen LogP contribution in [0.15, 0.2) is 18.2 Å². The molecule has 196 valence electrons. The van der Waals surface area contributed by atoms with Gasteiger partial charge >= 0.3 is 0 Å². The summed E-state index contributed by atoms with van der Waals surface area (Å²) in [7, 11) is 0. The van der Waals surface area contributed by atoms with Crippen LogP contribution in [0.3, 0.4) is 0 Å². The second-order valence-electron chi connectivity index (χ2n) is 10.8. The molecule has 1 saturated carbocycles. The Morgan fingerprint density at radius 2 is 2.08 bits per heavy atom. The summed E-state index contributed by atoms with van der Waals surface area (Å²) in [6.07, 6.45) is 4.35. The molecule has 10 nitrogen and oxygen atoms in total. The lowest BCUT2D eigenvalue weighted by molar-refractivity contribution is -0.133. The van der Waals surface area contributed by atoms with Crippen LogP contribution in [-0.2, 0) is 20.8 Å². The second kappa shape index (κ2) is 9.48. The number of likely N-dealkylation sites (tertiary alicyclic amines) is 1. The molecule has 5 atom stereocenters. The summed E-state index contributed by atoms with van der Waals surface area (Å²) in [5, 5.41) is 15.9. The molecule has 4 aliphatic rings. The molecule has 3 amide bonds. The minimum Gasteiger partial charge on any atom is -0.492 e. The van der Waals surface area contributed by atoms with Gasteiger partial charge in [-0.05, 0) is 55.2 Å². The third-order valence-corrected chi connectivity index (χ3v) is 8.65. The first kappa shape index (κ1) is 24.0. The Labute approximate surface area is 214 Å². The molecule has 3 aliphatic heterocycles. The maximum Gasteiger partial charge on any atom is 0.271 e. The minimum absolute atomic E-state index is 0.0144. The molecular formula is C27H32N4O6. The number of hydrogen-bond donors (Lipinski definition) is 4. The Morgan fingerprint density at radius 3 is 2.86 bits per heavy atom. The SMILES string of the molecule is O=C1NCC[C@H]1C[C@H](NC(=O)[C@@H]1[C@H]2CCC[C@H]2CN1C(=O)c1cc2c3c(ccc2[nH]1)CCO3)C(=O)CO. The largest absolute Gasteiger partial charge is 0.492 e. The van der Waals surface area contributed by atoms with E-state index in [-0.39, 0.29) is 30.1 Å². The highest BCUT2D eigenvalue weighted by Crippen LogP contribution is 2.43. The lowest BCUT2D eigenvalue weighted by Crippen LogP contribution is -2.53. The standard InChI is InChI=1S/C27H32N4O6/c32-13-22(33)20(10-15-6-8-28-25(15)34)30-26(35)23-17-3-1-2-16(17)12-31(23)27(36)21-11-18-19(29-21)5-4-14-7-9-37-24(14)18/h4-5,11,15-17,20,23,29,32H,1-3,6-10,12-13H2,(H,28,34)(H,30,35)/t15-,16-,17-,20-,23-/m0/s1. The number of rotatable bonds is 7. The number of Topliss-reactive ketones (excluding diaryl/α,β-unsaturated/α-hetero) is 1. The predicted molar refractivity (Wildman–Crippen MR) is 133 cm³/mol. The van der Waals surface area contributed by atoms with Crippen LogP contribution in [0.1, 0.15) is 48.2 Å². The Kier molecular flexibility index (Phi) is 6.14. The molecule has 0 unspecified atom stereocenters. The smallest absolute Gasteiger partial charge is 0.271 e. The number of nitrogens with zero attached hydrogens (tertiary/aromatic N) is 1. The number of aliphatic hydroxyl groups is 1. The van der Waals surface area contributed by atoms with Gasteiger partial charge in [0.05, 0.1) is 12.6 Å². The number of H-pyrrole nitrogens is 1. The monoisotopic (exact) mass is 508 g/mol. The van der Waals surface area contributed by atoms with Crippen LogP contribution in [0.25, 0.3) is 10.9 Å². The fourth-order valence-electron chi connectivity index (χ4n) is 6.77. The summed E-state index contributed by atoms with van der Waals surface area (Å²) in [5.41, 5.74) is 2.34. The number of benzene rings is 1. The van der Waals surface area contributed by atoms with Crippen LogP contribution in [0.4, 0.5) is 0 Å². The van der Waals surface area contributed by atoms with Crippen LogP contribution in [0.2, 0.25) is 0 Å². The van der Waals surface area contributed by atoms with Crippen molar-refractivity contribution in [3.8, 4) is 5.75 Å². The van der Waals surface area contributed by atoms with Crippen LogP contribution in [0.5, 0.6) is 5.75 Å². The zero-order valence-electron chi connectivity index (χ0n) is 20.6. The number of hydrogen-bond acceptors (Lipinski definition) is 6. The molecule has 37 heavy (non-hydrogen) atoms. The summed E-state index contributed by atoms with van der Waals surface area (Å²) in [4.78, 5) is 56.9. The Morgan fingerprint density at radius 1 is 1.22 bits per heavy atom. The van der Waals surface area contributed by atoms with Crippen molar-refractivity contribution < 1.29 is 29.0 Å². The quantitative estimate of drug-likeness (QED) is 0.438. The molecule has 10 heteroatoms. The van der Waals surface area contributed by atoms with E-state index in [1.807, 2.05) is 18.2 Å². The second-order valence-corrected chi connectivity index (χ2v) is 10.8. The normalized spacial score (nSPS) is 27.1. The number of ether oxygens (including phenoxy) is 1. The molecule has 6 rings (SSSR count). The van der Waals surface area contributed by atoms with Gasteiger partial charge in [-0.2, -0.15) is 0 Å². The van der Waals surface area contributed by atoms with E-state index in [4.69, 9.17) is 4.74 Å². The lowest BCUT2D eigenvalue weighted by Gasteiger charge is -2.29. The molecule has 4 N–H and O–H groups in total. The van der Waals surface area contributed by atoms with Crippen LogP contribution in [0, 0.1) is 17.8 Å². The Bertz CT molecular complexity index is 1270. The number of aromatic nitrogens is 1. The van der Waals surface area contributed by atoms with E-state index in [9.17, 15) is 24.3 Å². The number of aromatic amines is 1. The van der Waals surface area contributed by atoms with E-state index in [0.717, 1.165) is 47.9 Å².